The predicted molar refractivity (Wildman–Crippen MR) is 118 cm³/mol. The number of carbonyl (C=O) groups excluding carboxylic acids is 1. The molecule has 0 amide bonds. The third kappa shape index (κ3) is 5.14. The topological polar surface area (TPSA) is 73.6 Å². The molecule has 1 aliphatic rings. The summed E-state index contributed by atoms with van der Waals surface area (Å²) in [5, 5.41) is 3.39. The maximum atomic E-state index is 11.8. The van der Waals surface area contributed by atoms with Crippen molar-refractivity contribution in [2.75, 3.05) is 13.7 Å². The fourth-order valence-electron chi connectivity index (χ4n) is 3.95. The van der Waals surface area contributed by atoms with Crippen molar-refractivity contribution in [2.24, 2.45) is 0 Å². The summed E-state index contributed by atoms with van der Waals surface area (Å²) in [5.41, 5.74) is 3.04. The van der Waals surface area contributed by atoms with Gasteiger partial charge in [0.2, 0.25) is 5.89 Å². The molecule has 0 spiro atoms. The van der Waals surface area contributed by atoms with Crippen LogP contribution in [-0.2, 0) is 16.0 Å². The lowest BCUT2D eigenvalue weighted by molar-refractivity contribution is -0.144. The molecule has 0 radical (unpaired) electrons. The van der Waals surface area contributed by atoms with Gasteiger partial charge in [0.1, 0.15) is 17.6 Å². The molecule has 3 aromatic rings. The Labute approximate surface area is 182 Å². The van der Waals surface area contributed by atoms with E-state index in [-0.39, 0.29) is 18.1 Å². The summed E-state index contributed by atoms with van der Waals surface area (Å²) in [4.78, 5) is 16.4. The number of nitrogens with zero attached hydrogens (tertiary/aromatic N) is 1. The zero-order chi connectivity index (χ0) is 21.6. The van der Waals surface area contributed by atoms with Crippen LogP contribution in [0.5, 0.6) is 5.75 Å². The van der Waals surface area contributed by atoms with Crippen molar-refractivity contribution in [3.8, 4) is 17.2 Å². The molecule has 31 heavy (non-hydrogen) atoms. The second-order valence-corrected chi connectivity index (χ2v) is 7.78. The fourth-order valence-corrected chi connectivity index (χ4v) is 3.95. The number of esters is 1. The van der Waals surface area contributed by atoms with Gasteiger partial charge in [-0.25, -0.2) is 4.98 Å². The Morgan fingerprint density at radius 2 is 1.90 bits per heavy atom. The Kier molecular flexibility index (Phi) is 6.67. The molecule has 1 N–H and O–H groups in total. The first kappa shape index (κ1) is 21.1. The van der Waals surface area contributed by atoms with E-state index in [4.69, 9.17) is 13.9 Å². The number of nitrogens with one attached hydrogen (secondary N) is 1. The maximum absolute atomic E-state index is 11.8. The summed E-state index contributed by atoms with van der Waals surface area (Å²) < 4.78 is 16.6. The third-order valence-corrected chi connectivity index (χ3v) is 5.68. The molecule has 2 aromatic carbocycles. The standard InChI is InChI=1S/C25H28N2O4/c1-17-21(27-24(31-17)19-7-4-3-5-8-19)15-16-30-20-13-11-18(12-14-20)22-9-6-10-23(26-22)25(28)29-2/h3-5,7-8,11-14,22-23,26H,6,9-10,15-16H2,1-2H3/t22-,23+/m1/s1. The van der Waals surface area contributed by atoms with Crippen LogP contribution < -0.4 is 10.1 Å². The van der Waals surface area contributed by atoms with E-state index in [0.717, 1.165) is 47.6 Å². The van der Waals surface area contributed by atoms with Crippen LogP contribution in [0.1, 0.15) is 42.3 Å². The molecule has 1 fully saturated rings. The zero-order valence-electron chi connectivity index (χ0n) is 18.0. The molecule has 4 rings (SSSR count). The van der Waals surface area contributed by atoms with E-state index in [9.17, 15) is 4.79 Å². The highest BCUT2D eigenvalue weighted by atomic mass is 16.5. The second-order valence-electron chi connectivity index (χ2n) is 7.78. The number of hydrogen-bond acceptors (Lipinski definition) is 6. The van der Waals surface area contributed by atoms with Gasteiger partial charge < -0.3 is 13.9 Å². The largest absolute Gasteiger partial charge is 0.493 e. The minimum absolute atomic E-state index is 0.154. The Hall–Kier alpha value is -3.12. The summed E-state index contributed by atoms with van der Waals surface area (Å²) in [5.74, 6) is 2.08. The minimum Gasteiger partial charge on any atom is -0.493 e. The summed E-state index contributed by atoms with van der Waals surface area (Å²) in [7, 11) is 1.43. The highest BCUT2D eigenvalue weighted by molar-refractivity contribution is 5.75. The first-order valence-corrected chi connectivity index (χ1v) is 10.7. The monoisotopic (exact) mass is 420 g/mol. The van der Waals surface area contributed by atoms with Gasteiger partial charge in [-0.15, -0.1) is 0 Å². The lowest BCUT2D eigenvalue weighted by atomic mass is 9.93. The zero-order valence-corrected chi connectivity index (χ0v) is 18.0. The van der Waals surface area contributed by atoms with Crippen molar-refractivity contribution < 1.29 is 18.7 Å². The number of rotatable bonds is 7. The molecule has 1 saturated heterocycles. The number of oxazole rings is 1. The molecule has 1 aliphatic heterocycles. The SMILES string of the molecule is COC(=O)[C@@H]1CCC[C@H](c2ccc(OCCc3nc(-c4ccccc4)oc3C)cc2)N1. The van der Waals surface area contributed by atoms with Crippen molar-refractivity contribution >= 4 is 5.97 Å². The highest BCUT2D eigenvalue weighted by Crippen LogP contribution is 2.27. The number of benzene rings is 2. The molecule has 0 aliphatic carbocycles. The normalized spacial score (nSPS) is 18.5. The molecule has 0 bridgehead atoms. The lowest BCUT2D eigenvalue weighted by Gasteiger charge is -2.29. The molecule has 6 nitrogen and oxygen atoms in total. The summed E-state index contributed by atoms with van der Waals surface area (Å²) in [6.45, 7) is 2.45. The molecule has 1 aromatic heterocycles. The van der Waals surface area contributed by atoms with E-state index in [2.05, 4.69) is 22.4 Å². The molecule has 0 saturated carbocycles. The van der Waals surface area contributed by atoms with Gasteiger partial charge in [0.25, 0.3) is 0 Å². The molecular weight excluding hydrogens is 392 g/mol. The predicted octanol–water partition coefficient (Wildman–Crippen LogP) is 4.63. The van der Waals surface area contributed by atoms with Crippen molar-refractivity contribution in [1.82, 2.24) is 10.3 Å². The minimum atomic E-state index is -0.230. The van der Waals surface area contributed by atoms with E-state index in [0.29, 0.717) is 18.9 Å². The molecular formula is C25H28N2O4. The van der Waals surface area contributed by atoms with E-state index >= 15 is 0 Å². The second kappa shape index (κ2) is 9.79. The van der Waals surface area contributed by atoms with Crippen LogP contribution >= 0.6 is 0 Å². The highest BCUT2D eigenvalue weighted by Gasteiger charge is 2.27. The van der Waals surface area contributed by atoms with Crippen LogP contribution in [0.25, 0.3) is 11.5 Å². The number of piperidine rings is 1. The maximum Gasteiger partial charge on any atom is 0.322 e. The van der Waals surface area contributed by atoms with Crippen LogP contribution in [0.3, 0.4) is 0 Å². The van der Waals surface area contributed by atoms with Gasteiger partial charge in [-0.3, -0.25) is 10.1 Å². The van der Waals surface area contributed by atoms with Crippen molar-refractivity contribution in [3.63, 3.8) is 0 Å². The number of ether oxygens (including phenoxy) is 2. The number of aromatic nitrogens is 1. The van der Waals surface area contributed by atoms with Gasteiger partial charge >= 0.3 is 5.97 Å². The van der Waals surface area contributed by atoms with Gasteiger partial charge in [0.15, 0.2) is 0 Å². The van der Waals surface area contributed by atoms with Crippen molar-refractivity contribution in [1.29, 1.82) is 0 Å². The first-order chi connectivity index (χ1) is 15.1. The molecule has 6 heteroatoms. The fraction of sp³-hybridized carbons (Fsp3) is 0.360. The van der Waals surface area contributed by atoms with Gasteiger partial charge in [-0.1, -0.05) is 30.3 Å². The number of aryl methyl sites for hydroxylation is 1. The average Bonchev–Trinajstić information content (AvgIpc) is 3.20. The molecule has 162 valence electrons. The number of methoxy groups -OCH3 is 1. The van der Waals surface area contributed by atoms with Crippen LogP contribution in [0.4, 0.5) is 0 Å². The number of carbonyl (C=O) groups is 1. The Balaban J connectivity index is 1.31. The van der Waals surface area contributed by atoms with Gasteiger partial charge in [-0.05, 0) is 56.0 Å². The molecule has 2 atom stereocenters. The summed E-state index contributed by atoms with van der Waals surface area (Å²) in [6.07, 6.45) is 3.49. The average molecular weight is 421 g/mol. The third-order valence-electron chi connectivity index (χ3n) is 5.68. The molecule has 0 unspecified atom stereocenters. The molecule has 2 heterocycles. The van der Waals surface area contributed by atoms with Crippen LogP contribution in [-0.4, -0.2) is 30.7 Å². The van der Waals surface area contributed by atoms with Gasteiger partial charge in [0, 0.05) is 18.0 Å². The summed E-state index contributed by atoms with van der Waals surface area (Å²) in [6, 6.07) is 17.9. The smallest absolute Gasteiger partial charge is 0.322 e. The van der Waals surface area contributed by atoms with Gasteiger partial charge in [-0.2, -0.15) is 0 Å². The van der Waals surface area contributed by atoms with Crippen LogP contribution in [0, 0.1) is 6.92 Å². The quantitative estimate of drug-likeness (QED) is 0.562. The Bertz CT molecular complexity index is 998. The van der Waals surface area contributed by atoms with E-state index in [1.54, 1.807) is 0 Å². The Morgan fingerprint density at radius 3 is 2.65 bits per heavy atom. The van der Waals surface area contributed by atoms with E-state index in [1.807, 2.05) is 49.4 Å². The first-order valence-electron chi connectivity index (χ1n) is 10.7. The summed E-state index contributed by atoms with van der Waals surface area (Å²) >= 11 is 0. The van der Waals surface area contributed by atoms with Gasteiger partial charge in [0.05, 0.1) is 19.4 Å². The van der Waals surface area contributed by atoms with Crippen molar-refractivity contribution in [3.05, 3.63) is 71.6 Å². The Morgan fingerprint density at radius 1 is 1.13 bits per heavy atom. The van der Waals surface area contributed by atoms with E-state index < -0.39 is 0 Å². The lowest BCUT2D eigenvalue weighted by Crippen LogP contribution is -2.43. The van der Waals surface area contributed by atoms with Crippen LogP contribution in [0.15, 0.2) is 59.0 Å². The number of hydrogen-bond donors (Lipinski definition) is 1. The van der Waals surface area contributed by atoms with E-state index in [1.165, 1.54) is 7.11 Å². The van der Waals surface area contributed by atoms with Crippen molar-refractivity contribution in [2.45, 2.75) is 44.7 Å². The van der Waals surface area contributed by atoms with Crippen LogP contribution in [0.2, 0.25) is 0 Å².